The van der Waals surface area contributed by atoms with Gasteiger partial charge < -0.3 is 31.0 Å². The summed E-state index contributed by atoms with van der Waals surface area (Å²) in [7, 11) is 0. The highest BCUT2D eigenvalue weighted by Crippen LogP contribution is 2.31. The number of rotatable bonds is 10. The highest BCUT2D eigenvalue weighted by Gasteiger charge is 2.24. The van der Waals surface area contributed by atoms with Crippen LogP contribution in [0.2, 0.25) is 5.02 Å². The van der Waals surface area contributed by atoms with Gasteiger partial charge in [0, 0.05) is 52.7 Å². The Balaban J connectivity index is 1.17. The fourth-order valence-electron chi connectivity index (χ4n) is 6.17. The second-order valence-electron chi connectivity index (χ2n) is 11.9. The van der Waals surface area contributed by atoms with E-state index in [-0.39, 0.29) is 11.1 Å². The van der Waals surface area contributed by atoms with Crippen molar-refractivity contribution in [2.75, 3.05) is 4.90 Å². The topological polar surface area (TPSA) is 118 Å². The van der Waals surface area contributed by atoms with Crippen LogP contribution in [-0.4, -0.2) is 38.5 Å². The lowest BCUT2D eigenvalue weighted by molar-refractivity contribution is 0.186. The monoisotopic (exact) mass is 603 g/mol. The number of halogens is 2. The Morgan fingerprint density at radius 1 is 1.16 bits per heavy atom. The molecule has 226 valence electrons. The summed E-state index contributed by atoms with van der Waals surface area (Å²) in [6.07, 6.45) is 12.4. The van der Waals surface area contributed by atoms with Gasteiger partial charge in [-0.1, -0.05) is 30.2 Å². The molecule has 2 aliphatic rings. The SMILES string of the molecule is C[C@H](N)CCCc1cc(Cl)c(F)c(-c2cc3c([nH]2)=NC(O)N(c2ccc([C@@H]4CCC[C@@H](CCc5cnc[nH]5)N4)cc2)C=3)c1. The number of aliphatic hydroxyl groups is 1. The number of imidazole rings is 1. The number of hydrogen-bond donors (Lipinski definition) is 5. The largest absolute Gasteiger partial charge is 0.355 e. The number of aliphatic hydroxyl groups excluding tert-OH is 1. The number of benzene rings is 2. The van der Waals surface area contributed by atoms with Crippen molar-refractivity contribution >= 4 is 23.5 Å². The molecule has 6 N–H and O–H groups in total. The van der Waals surface area contributed by atoms with Gasteiger partial charge in [0.25, 0.3) is 0 Å². The molecule has 4 aromatic rings. The zero-order chi connectivity index (χ0) is 29.9. The third-order valence-electron chi connectivity index (χ3n) is 8.49. The van der Waals surface area contributed by atoms with E-state index in [4.69, 9.17) is 17.3 Å². The van der Waals surface area contributed by atoms with Crippen LogP contribution in [0.1, 0.15) is 68.3 Å². The minimum Gasteiger partial charge on any atom is -0.355 e. The van der Waals surface area contributed by atoms with Crippen molar-refractivity contribution in [2.24, 2.45) is 10.7 Å². The van der Waals surface area contributed by atoms with E-state index in [2.05, 4.69) is 37.4 Å². The van der Waals surface area contributed by atoms with E-state index in [1.807, 2.05) is 43.6 Å². The van der Waals surface area contributed by atoms with E-state index in [1.165, 1.54) is 24.1 Å². The van der Waals surface area contributed by atoms with E-state index in [1.54, 1.807) is 17.3 Å². The van der Waals surface area contributed by atoms with Crippen molar-refractivity contribution in [1.82, 2.24) is 20.3 Å². The summed E-state index contributed by atoms with van der Waals surface area (Å²) in [6.45, 7) is 1.98. The highest BCUT2D eigenvalue weighted by atomic mass is 35.5. The second-order valence-corrected chi connectivity index (χ2v) is 12.3. The molecule has 0 radical (unpaired) electrons. The maximum Gasteiger partial charge on any atom is 0.231 e. The number of aromatic nitrogens is 3. The first-order chi connectivity index (χ1) is 20.8. The van der Waals surface area contributed by atoms with Crippen molar-refractivity contribution in [2.45, 2.75) is 82.8 Å². The van der Waals surface area contributed by atoms with E-state index in [9.17, 15) is 5.11 Å². The number of fused-ring (bicyclic) bond motifs is 1. The van der Waals surface area contributed by atoms with Crippen LogP contribution in [0.5, 0.6) is 0 Å². The van der Waals surface area contributed by atoms with E-state index in [0.717, 1.165) is 55.0 Å². The summed E-state index contributed by atoms with van der Waals surface area (Å²) in [5, 5.41) is 15.6. The quantitative estimate of drug-likeness (QED) is 0.178. The Morgan fingerprint density at radius 2 is 2.00 bits per heavy atom. The van der Waals surface area contributed by atoms with Gasteiger partial charge in [0.15, 0.2) is 5.82 Å². The summed E-state index contributed by atoms with van der Waals surface area (Å²) >= 11 is 6.28. The third-order valence-corrected chi connectivity index (χ3v) is 8.77. The van der Waals surface area contributed by atoms with Crippen LogP contribution in [0, 0.1) is 5.82 Å². The maximum atomic E-state index is 15.1. The van der Waals surface area contributed by atoms with Crippen LogP contribution in [0.15, 0.2) is 60.0 Å². The van der Waals surface area contributed by atoms with Crippen molar-refractivity contribution in [3.05, 3.63) is 93.4 Å². The molecule has 0 bridgehead atoms. The van der Waals surface area contributed by atoms with E-state index < -0.39 is 12.2 Å². The molecule has 0 spiro atoms. The smallest absolute Gasteiger partial charge is 0.231 e. The van der Waals surface area contributed by atoms with Gasteiger partial charge in [-0.2, -0.15) is 0 Å². The number of hydrogen-bond acceptors (Lipinski definition) is 6. The number of nitrogens with zero attached hydrogens (tertiary/aromatic N) is 3. The molecule has 2 aromatic carbocycles. The number of aryl methyl sites for hydroxylation is 2. The molecule has 1 unspecified atom stereocenters. The number of anilines is 1. The zero-order valence-corrected chi connectivity index (χ0v) is 25.1. The van der Waals surface area contributed by atoms with Gasteiger partial charge >= 0.3 is 0 Å². The molecule has 1 fully saturated rings. The lowest BCUT2D eigenvalue weighted by atomic mass is 9.91. The van der Waals surface area contributed by atoms with E-state index >= 15 is 4.39 Å². The van der Waals surface area contributed by atoms with Crippen molar-refractivity contribution in [1.29, 1.82) is 0 Å². The Labute approximate surface area is 255 Å². The number of piperidine rings is 1. The predicted molar refractivity (Wildman–Crippen MR) is 168 cm³/mol. The first kappa shape index (κ1) is 29.6. The normalized spacial score (nSPS) is 20.8. The van der Waals surface area contributed by atoms with Gasteiger partial charge in [-0.15, -0.1) is 0 Å². The van der Waals surface area contributed by atoms with Crippen LogP contribution in [0.25, 0.3) is 17.5 Å². The van der Waals surface area contributed by atoms with Gasteiger partial charge in [-0.3, -0.25) is 0 Å². The van der Waals surface area contributed by atoms with Crippen LogP contribution < -0.4 is 26.7 Å². The van der Waals surface area contributed by atoms with Crippen molar-refractivity contribution in [3.63, 3.8) is 0 Å². The van der Waals surface area contributed by atoms with Crippen molar-refractivity contribution in [3.8, 4) is 11.3 Å². The zero-order valence-electron chi connectivity index (χ0n) is 24.4. The molecular weight excluding hydrogens is 565 g/mol. The molecule has 4 heterocycles. The molecule has 8 nitrogen and oxygen atoms in total. The fraction of sp³-hybridized carbons (Fsp3) is 0.394. The summed E-state index contributed by atoms with van der Waals surface area (Å²) < 4.78 is 15.1. The van der Waals surface area contributed by atoms with Gasteiger partial charge in [-0.25, -0.2) is 14.4 Å². The van der Waals surface area contributed by atoms with Gasteiger partial charge in [-0.05, 0) is 93.3 Å². The molecule has 0 amide bonds. The standard InChI is InChI=1S/C33H39ClFN7O/c1-20(36)4-2-5-21-14-27(31(35)28(34)15-21)30-16-23-18-42(33(43)41-32(23)40-30)26-12-8-22(9-13-26)29-7-3-6-24(39-29)10-11-25-17-37-19-38-25/h8-9,12-20,24,29,33,39,43H,2-7,10-11,36H2,1H3,(H,37,38)(H,40,41)/t20-,24-,29-,33?/m0/s1. The average Bonchev–Trinajstić information content (AvgIpc) is 3.67. The molecular formula is C33H39ClFN7O. The minimum absolute atomic E-state index is 0.0835. The number of nitrogens with one attached hydrogen (secondary N) is 3. The lowest BCUT2D eigenvalue weighted by Crippen LogP contribution is -2.41. The van der Waals surface area contributed by atoms with Crippen LogP contribution in [0.4, 0.5) is 10.1 Å². The Hall–Kier alpha value is -3.50. The predicted octanol–water partition coefficient (Wildman–Crippen LogP) is 4.84. The van der Waals surface area contributed by atoms with Crippen LogP contribution in [-0.2, 0) is 12.8 Å². The second kappa shape index (κ2) is 13.0. The third kappa shape index (κ3) is 6.86. The lowest BCUT2D eigenvalue weighted by Gasteiger charge is -2.32. The molecule has 4 atom stereocenters. The molecule has 43 heavy (non-hydrogen) atoms. The Bertz CT molecular complexity index is 1650. The molecule has 1 saturated heterocycles. The van der Waals surface area contributed by atoms with Gasteiger partial charge in [0.2, 0.25) is 6.35 Å². The first-order valence-electron chi connectivity index (χ1n) is 15.2. The summed E-state index contributed by atoms with van der Waals surface area (Å²) in [6, 6.07) is 14.5. The van der Waals surface area contributed by atoms with Crippen molar-refractivity contribution < 1.29 is 9.50 Å². The van der Waals surface area contributed by atoms with E-state index in [0.29, 0.717) is 28.8 Å². The summed E-state index contributed by atoms with van der Waals surface area (Å²) in [5.41, 5.74) is 11.5. The van der Waals surface area contributed by atoms with Gasteiger partial charge in [0.05, 0.1) is 17.0 Å². The number of H-pyrrole nitrogens is 2. The average molecular weight is 604 g/mol. The van der Waals surface area contributed by atoms with Gasteiger partial charge in [0.1, 0.15) is 5.49 Å². The molecule has 10 heteroatoms. The molecule has 2 aromatic heterocycles. The summed E-state index contributed by atoms with van der Waals surface area (Å²) in [4.78, 5) is 16.7. The summed E-state index contributed by atoms with van der Waals surface area (Å²) in [5.74, 6) is -0.482. The molecule has 0 aliphatic carbocycles. The Morgan fingerprint density at radius 3 is 2.77 bits per heavy atom. The molecule has 6 rings (SSSR count). The number of aromatic amines is 2. The molecule has 2 aliphatic heterocycles. The number of nitrogens with two attached hydrogens (primary N) is 1. The van der Waals surface area contributed by atoms with Crippen LogP contribution in [0.3, 0.4) is 0 Å². The molecule has 0 saturated carbocycles. The highest BCUT2D eigenvalue weighted by molar-refractivity contribution is 6.31. The van der Waals surface area contributed by atoms with Crippen LogP contribution >= 0.6 is 11.6 Å². The maximum absolute atomic E-state index is 15.1. The fourth-order valence-corrected chi connectivity index (χ4v) is 6.41. The Kier molecular flexibility index (Phi) is 8.95. The first-order valence-corrected chi connectivity index (χ1v) is 15.5. The minimum atomic E-state index is -1.11.